The molecule has 0 spiro atoms. The normalized spacial score (nSPS) is 17.3. The smallest absolute Gasteiger partial charge is 0.358 e. The van der Waals surface area contributed by atoms with Gasteiger partial charge in [0.2, 0.25) is 0 Å². The first-order valence-electron chi connectivity index (χ1n) is 7.92. The zero-order valence-corrected chi connectivity index (χ0v) is 13.5. The number of aryl methyl sites for hydroxylation is 1. The van der Waals surface area contributed by atoms with Gasteiger partial charge in [0.25, 0.3) is 5.91 Å². The molecule has 9 heteroatoms. The Labute approximate surface area is 142 Å². The van der Waals surface area contributed by atoms with Crippen molar-refractivity contribution in [2.75, 3.05) is 13.1 Å². The van der Waals surface area contributed by atoms with Gasteiger partial charge in [0.05, 0.1) is 17.8 Å². The van der Waals surface area contributed by atoms with E-state index in [0.29, 0.717) is 25.2 Å². The van der Waals surface area contributed by atoms with Gasteiger partial charge in [-0.15, -0.1) is 5.10 Å². The number of imidazole rings is 1. The van der Waals surface area contributed by atoms with Gasteiger partial charge < -0.3 is 14.4 Å². The molecule has 1 atom stereocenters. The number of amides is 1. The van der Waals surface area contributed by atoms with Crippen LogP contribution in [0.3, 0.4) is 0 Å². The number of fused-ring (bicyclic) bond motifs is 1. The summed E-state index contributed by atoms with van der Waals surface area (Å²) in [5.41, 5.74) is 1.12. The average molecular weight is 340 g/mol. The molecule has 4 heterocycles. The number of carbonyl (C=O) groups excluding carboxylic acids is 1. The average Bonchev–Trinajstić information content (AvgIpc) is 3.33. The molecule has 0 saturated carbocycles. The third kappa shape index (κ3) is 2.53. The Balaban J connectivity index is 1.56. The van der Waals surface area contributed by atoms with Gasteiger partial charge in [-0.3, -0.25) is 4.79 Å². The Morgan fingerprint density at radius 2 is 2.16 bits per heavy atom. The number of nitrogens with zero attached hydrogens (tertiary/aromatic N) is 6. The third-order valence-electron chi connectivity index (χ3n) is 4.48. The number of carboxylic acid groups (broad SMARTS) is 1. The molecule has 3 aromatic heterocycles. The summed E-state index contributed by atoms with van der Waals surface area (Å²) in [7, 11) is 0. The van der Waals surface area contributed by atoms with E-state index in [1.54, 1.807) is 4.90 Å². The number of hydrogen-bond acceptors (Lipinski definition) is 5. The summed E-state index contributed by atoms with van der Waals surface area (Å²) < 4.78 is 3.41. The number of likely N-dealkylation sites (tertiary alicyclic amines) is 1. The lowest BCUT2D eigenvalue weighted by atomic mass is 10.3. The van der Waals surface area contributed by atoms with Crippen molar-refractivity contribution in [1.82, 2.24) is 29.3 Å². The minimum atomic E-state index is -1.11. The standard InChI is InChI=1S/C16H16N6O3/c1-10-17-14(13-4-2-3-6-21(10)13)15(23)20-7-5-11(8-20)22-9-12(16(24)25)18-19-22/h2-4,6,9,11H,5,7-8H2,1H3,(H,24,25). The first kappa shape index (κ1) is 15.3. The second-order valence-corrected chi connectivity index (χ2v) is 6.05. The molecule has 0 bridgehead atoms. The summed E-state index contributed by atoms with van der Waals surface area (Å²) in [6, 6.07) is 5.56. The number of carbonyl (C=O) groups is 2. The van der Waals surface area contributed by atoms with E-state index in [0.717, 1.165) is 11.3 Å². The number of rotatable bonds is 3. The quantitative estimate of drug-likeness (QED) is 0.763. The zero-order valence-electron chi connectivity index (χ0n) is 13.5. The number of aromatic nitrogens is 5. The molecule has 1 aliphatic rings. The molecular weight excluding hydrogens is 324 g/mol. The minimum absolute atomic E-state index is 0.0838. The Morgan fingerprint density at radius 3 is 2.92 bits per heavy atom. The van der Waals surface area contributed by atoms with Crippen LogP contribution in [-0.2, 0) is 0 Å². The SMILES string of the molecule is Cc1nc(C(=O)N2CCC(n3cc(C(=O)O)nn3)C2)c2ccccn12. The highest BCUT2D eigenvalue weighted by Gasteiger charge is 2.31. The lowest BCUT2D eigenvalue weighted by Crippen LogP contribution is -2.29. The van der Waals surface area contributed by atoms with Gasteiger partial charge >= 0.3 is 5.97 Å². The molecule has 1 aliphatic heterocycles. The fraction of sp³-hybridized carbons (Fsp3) is 0.312. The van der Waals surface area contributed by atoms with E-state index < -0.39 is 5.97 Å². The number of carboxylic acids is 1. The molecule has 1 fully saturated rings. The maximum absolute atomic E-state index is 12.9. The second kappa shape index (κ2) is 5.69. The van der Waals surface area contributed by atoms with E-state index >= 15 is 0 Å². The Bertz CT molecular complexity index is 975. The molecule has 0 aromatic carbocycles. The van der Waals surface area contributed by atoms with E-state index in [2.05, 4.69) is 15.3 Å². The summed E-state index contributed by atoms with van der Waals surface area (Å²) >= 11 is 0. The monoisotopic (exact) mass is 340 g/mol. The molecule has 128 valence electrons. The van der Waals surface area contributed by atoms with E-state index in [4.69, 9.17) is 5.11 Å². The van der Waals surface area contributed by atoms with Gasteiger partial charge in [-0.1, -0.05) is 11.3 Å². The predicted octanol–water partition coefficient (Wildman–Crippen LogP) is 1.02. The molecule has 1 saturated heterocycles. The molecule has 1 unspecified atom stereocenters. The van der Waals surface area contributed by atoms with Gasteiger partial charge in [-0.25, -0.2) is 14.5 Å². The first-order valence-corrected chi connectivity index (χ1v) is 7.92. The van der Waals surface area contributed by atoms with Crippen LogP contribution in [0.15, 0.2) is 30.6 Å². The highest BCUT2D eigenvalue weighted by Crippen LogP contribution is 2.24. The van der Waals surface area contributed by atoms with Crippen molar-refractivity contribution in [3.05, 3.63) is 47.8 Å². The fourth-order valence-corrected chi connectivity index (χ4v) is 3.19. The van der Waals surface area contributed by atoms with Gasteiger partial charge in [-0.05, 0) is 25.5 Å². The molecule has 1 amide bonds. The molecule has 3 aromatic rings. The Kier molecular flexibility index (Phi) is 3.48. The summed E-state index contributed by atoms with van der Waals surface area (Å²) in [4.78, 5) is 29.9. The zero-order chi connectivity index (χ0) is 17.6. The van der Waals surface area contributed by atoms with Crippen molar-refractivity contribution >= 4 is 17.4 Å². The summed E-state index contributed by atoms with van der Waals surface area (Å²) in [6.45, 7) is 2.88. The second-order valence-electron chi connectivity index (χ2n) is 6.05. The van der Waals surface area contributed by atoms with Crippen LogP contribution in [0, 0.1) is 6.92 Å². The molecular formula is C16H16N6O3. The maximum atomic E-state index is 12.9. The van der Waals surface area contributed by atoms with Gasteiger partial charge in [0.1, 0.15) is 5.82 Å². The lowest BCUT2D eigenvalue weighted by molar-refractivity contribution is 0.0689. The van der Waals surface area contributed by atoms with Crippen LogP contribution in [0.4, 0.5) is 0 Å². The van der Waals surface area contributed by atoms with Crippen LogP contribution >= 0.6 is 0 Å². The summed E-state index contributed by atoms with van der Waals surface area (Å²) in [5, 5.41) is 16.4. The van der Waals surface area contributed by atoms with Gasteiger partial charge in [0.15, 0.2) is 11.4 Å². The number of hydrogen-bond donors (Lipinski definition) is 1. The topological polar surface area (TPSA) is 106 Å². The highest BCUT2D eigenvalue weighted by atomic mass is 16.4. The molecule has 4 rings (SSSR count). The lowest BCUT2D eigenvalue weighted by Gasteiger charge is -2.15. The van der Waals surface area contributed by atoms with Crippen LogP contribution in [-0.4, -0.2) is 59.4 Å². The Hall–Kier alpha value is -3.23. The van der Waals surface area contributed by atoms with E-state index in [1.807, 2.05) is 35.7 Å². The number of pyridine rings is 1. The van der Waals surface area contributed by atoms with Crippen molar-refractivity contribution in [2.24, 2.45) is 0 Å². The number of aromatic carboxylic acids is 1. The van der Waals surface area contributed by atoms with Crippen LogP contribution < -0.4 is 0 Å². The third-order valence-corrected chi connectivity index (χ3v) is 4.48. The highest BCUT2D eigenvalue weighted by molar-refractivity contribution is 5.99. The summed E-state index contributed by atoms with van der Waals surface area (Å²) in [5.74, 6) is -0.480. The van der Waals surface area contributed by atoms with Crippen molar-refractivity contribution in [3.8, 4) is 0 Å². The van der Waals surface area contributed by atoms with Crippen molar-refractivity contribution < 1.29 is 14.7 Å². The maximum Gasteiger partial charge on any atom is 0.358 e. The fourth-order valence-electron chi connectivity index (χ4n) is 3.19. The minimum Gasteiger partial charge on any atom is -0.476 e. The predicted molar refractivity (Wildman–Crippen MR) is 86.5 cm³/mol. The molecule has 9 nitrogen and oxygen atoms in total. The van der Waals surface area contributed by atoms with Crippen molar-refractivity contribution in [1.29, 1.82) is 0 Å². The molecule has 1 N–H and O–H groups in total. The first-order chi connectivity index (χ1) is 12.0. The van der Waals surface area contributed by atoms with Gasteiger partial charge in [0, 0.05) is 19.3 Å². The van der Waals surface area contributed by atoms with Gasteiger partial charge in [-0.2, -0.15) is 0 Å². The van der Waals surface area contributed by atoms with E-state index in [1.165, 1.54) is 10.9 Å². The molecule has 0 aliphatic carbocycles. The Morgan fingerprint density at radius 1 is 1.32 bits per heavy atom. The molecule has 0 radical (unpaired) electrons. The molecule has 25 heavy (non-hydrogen) atoms. The van der Waals surface area contributed by atoms with Crippen LogP contribution in [0.5, 0.6) is 0 Å². The van der Waals surface area contributed by atoms with Crippen molar-refractivity contribution in [3.63, 3.8) is 0 Å². The largest absolute Gasteiger partial charge is 0.476 e. The van der Waals surface area contributed by atoms with Crippen LogP contribution in [0.1, 0.15) is 39.3 Å². The van der Waals surface area contributed by atoms with Crippen molar-refractivity contribution in [2.45, 2.75) is 19.4 Å². The van der Waals surface area contributed by atoms with E-state index in [-0.39, 0.29) is 17.6 Å². The van der Waals surface area contributed by atoms with Crippen LogP contribution in [0.2, 0.25) is 0 Å². The summed E-state index contributed by atoms with van der Waals surface area (Å²) in [6.07, 6.45) is 3.97. The van der Waals surface area contributed by atoms with Crippen LogP contribution in [0.25, 0.3) is 5.52 Å². The van der Waals surface area contributed by atoms with E-state index in [9.17, 15) is 9.59 Å².